The maximum atomic E-state index is 12.5. The second-order valence-electron chi connectivity index (χ2n) is 4.94. The maximum absolute atomic E-state index is 12.5. The summed E-state index contributed by atoms with van der Waals surface area (Å²) in [5, 5.41) is 0. The third-order valence-electron chi connectivity index (χ3n) is 3.26. The summed E-state index contributed by atoms with van der Waals surface area (Å²) in [6.07, 6.45) is 0.585. The van der Waals surface area contributed by atoms with E-state index in [1.165, 1.54) is 0 Å². The molecule has 21 heavy (non-hydrogen) atoms. The zero-order valence-corrected chi connectivity index (χ0v) is 12.7. The summed E-state index contributed by atoms with van der Waals surface area (Å²) in [7, 11) is -3.54. The summed E-state index contributed by atoms with van der Waals surface area (Å²) in [5.74, 6) is 0.501. The van der Waals surface area contributed by atoms with Crippen LogP contribution in [0.25, 0.3) is 11.1 Å². The van der Waals surface area contributed by atoms with Crippen LogP contribution in [0.2, 0.25) is 0 Å². The van der Waals surface area contributed by atoms with Crippen molar-refractivity contribution in [2.24, 2.45) is 0 Å². The summed E-state index contributed by atoms with van der Waals surface area (Å²) in [4.78, 5) is 0. The molecule has 3 rings (SSSR count). The number of phosphoric acid groups is 1. The highest BCUT2D eigenvalue weighted by Gasteiger charge is 2.35. The molecule has 1 heterocycles. The minimum atomic E-state index is -3.54. The van der Waals surface area contributed by atoms with Gasteiger partial charge in [0.1, 0.15) is 5.75 Å². The van der Waals surface area contributed by atoms with Crippen LogP contribution in [0.15, 0.2) is 54.6 Å². The van der Waals surface area contributed by atoms with E-state index in [0.29, 0.717) is 18.8 Å². The SMILES string of the molecule is CC1CCOP(=O)(Oc2ccccc2-c2ccccc2)O1. The molecule has 0 aromatic heterocycles. The van der Waals surface area contributed by atoms with Gasteiger partial charge in [-0.3, -0.25) is 9.05 Å². The van der Waals surface area contributed by atoms with E-state index in [9.17, 15) is 4.57 Å². The molecule has 110 valence electrons. The Kier molecular flexibility index (Phi) is 4.11. The third kappa shape index (κ3) is 3.35. The largest absolute Gasteiger partial charge is 0.530 e. The van der Waals surface area contributed by atoms with Crippen molar-refractivity contribution < 1.29 is 18.1 Å². The minimum Gasteiger partial charge on any atom is -0.403 e. The van der Waals surface area contributed by atoms with Crippen molar-refractivity contribution in [2.45, 2.75) is 19.4 Å². The van der Waals surface area contributed by atoms with Gasteiger partial charge in [-0.25, -0.2) is 4.57 Å². The summed E-state index contributed by atoms with van der Waals surface area (Å²) >= 11 is 0. The van der Waals surface area contributed by atoms with Crippen molar-refractivity contribution in [1.82, 2.24) is 0 Å². The van der Waals surface area contributed by atoms with E-state index in [2.05, 4.69) is 0 Å². The van der Waals surface area contributed by atoms with Gasteiger partial charge in [-0.1, -0.05) is 48.5 Å². The Morgan fingerprint density at radius 2 is 1.81 bits per heavy atom. The molecule has 1 aliphatic rings. The summed E-state index contributed by atoms with van der Waals surface area (Å²) in [6, 6.07) is 17.2. The number of hydrogen-bond donors (Lipinski definition) is 0. The van der Waals surface area contributed by atoms with Gasteiger partial charge in [0.15, 0.2) is 0 Å². The van der Waals surface area contributed by atoms with Crippen molar-refractivity contribution in [2.75, 3.05) is 6.61 Å². The number of hydrogen-bond acceptors (Lipinski definition) is 4. The van der Waals surface area contributed by atoms with E-state index in [0.717, 1.165) is 11.1 Å². The first-order valence-electron chi connectivity index (χ1n) is 6.93. The fourth-order valence-electron chi connectivity index (χ4n) is 2.20. The van der Waals surface area contributed by atoms with Crippen LogP contribution < -0.4 is 4.52 Å². The summed E-state index contributed by atoms with van der Waals surface area (Å²) < 4.78 is 28.8. The zero-order valence-electron chi connectivity index (χ0n) is 11.8. The molecule has 0 N–H and O–H groups in total. The second-order valence-corrected chi connectivity index (χ2v) is 6.48. The topological polar surface area (TPSA) is 44.8 Å². The highest BCUT2D eigenvalue weighted by atomic mass is 31.2. The van der Waals surface area contributed by atoms with Crippen LogP contribution in [0, 0.1) is 0 Å². The van der Waals surface area contributed by atoms with E-state index in [1.54, 1.807) is 6.07 Å². The van der Waals surface area contributed by atoms with Crippen LogP contribution in [-0.2, 0) is 13.6 Å². The molecule has 0 saturated carbocycles. The molecule has 1 saturated heterocycles. The summed E-state index contributed by atoms with van der Waals surface area (Å²) in [6.45, 7) is 2.24. The molecular weight excluding hydrogens is 287 g/mol. The molecule has 0 amide bonds. The van der Waals surface area contributed by atoms with Crippen molar-refractivity contribution in [1.29, 1.82) is 0 Å². The zero-order chi connectivity index (χ0) is 14.7. The van der Waals surface area contributed by atoms with Crippen molar-refractivity contribution in [3.05, 3.63) is 54.6 Å². The molecule has 2 aromatic rings. The van der Waals surface area contributed by atoms with Gasteiger partial charge in [0, 0.05) is 5.56 Å². The fraction of sp³-hybridized carbons (Fsp3) is 0.250. The Bertz CT molecular complexity index is 656. The molecule has 0 spiro atoms. The lowest BCUT2D eigenvalue weighted by Gasteiger charge is -2.27. The molecule has 4 nitrogen and oxygen atoms in total. The molecule has 0 aliphatic carbocycles. The number of para-hydroxylation sites is 1. The van der Waals surface area contributed by atoms with Crippen LogP contribution >= 0.6 is 7.82 Å². The Morgan fingerprint density at radius 1 is 1.10 bits per heavy atom. The highest BCUT2D eigenvalue weighted by Crippen LogP contribution is 2.54. The van der Waals surface area contributed by atoms with E-state index < -0.39 is 7.82 Å². The lowest BCUT2D eigenvalue weighted by Crippen LogP contribution is -2.19. The third-order valence-corrected chi connectivity index (χ3v) is 4.80. The molecule has 5 heteroatoms. The van der Waals surface area contributed by atoms with E-state index >= 15 is 0 Å². The predicted molar refractivity (Wildman–Crippen MR) is 81.2 cm³/mol. The minimum absolute atomic E-state index is 0.131. The first kappa shape index (κ1) is 14.3. The molecule has 0 bridgehead atoms. The van der Waals surface area contributed by atoms with Gasteiger partial charge in [0.05, 0.1) is 12.7 Å². The van der Waals surface area contributed by atoms with Crippen LogP contribution in [0.3, 0.4) is 0 Å². The van der Waals surface area contributed by atoms with Crippen molar-refractivity contribution in [3.63, 3.8) is 0 Å². The second kappa shape index (κ2) is 6.02. The normalized spacial score (nSPS) is 25.5. The van der Waals surface area contributed by atoms with Gasteiger partial charge in [-0.15, -0.1) is 0 Å². The molecule has 1 fully saturated rings. The average Bonchev–Trinajstić information content (AvgIpc) is 2.48. The average molecular weight is 304 g/mol. The smallest absolute Gasteiger partial charge is 0.403 e. The van der Waals surface area contributed by atoms with Gasteiger partial charge in [-0.05, 0) is 25.0 Å². The first-order valence-corrected chi connectivity index (χ1v) is 8.39. The fourth-order valence-corrected chi connectivity index (χ4v) is 3.64. The van der Waals surface area contributed by atoms with Gasteiger partial charge in [-0.2, -0.15) is 0 Å². The maximum Gasteiger partial charge on any atom is 0.530 e. The van der Waals surface area contributed by atoms with Gasteiger partial charge >= 0.3 is 7.82 Å². The van der Waals surface area contributed by atoms with E-state index in [1.807, 2.05) is 55.5 Å². The van der Waals surface area contributed by atoms with Crippen LogP contribution in [0.1, 0.15) is 13.3 Å². The Hall–Kier alpha value is -1.61. The standard InChI is InChI=1S/C16H17O4P/c1-13-11-12-18-21(17,19-13)20-16-10-6-5-9-15(16)14-7-3-2-4-8-14/h2-10,13H,11-12H2,1H3. The monoisotopic (exact) mass is 304 g/mol. The molecule has 1 aliphatic heterocycles. The van der Waals surface area contributed by atoms with Gasteiger partial charge in [0.2, 0.25) is 0 Å². The van der Waals surface area contributed by atoms with E-state index in [4.69, 9.17) is 13.6 Å². The van der Waals surface area contributed by atoms with Gasteiger partial charge in [0.25, 0.3) is 0 Å². The molecule has 2 atom stereocenters. The molecular formula is C16H17O4P. The van der Waals surface area contributed by atoms with Crippen LogP contribution in [0.5, 0.6) is 5.75 Å². The quantitative estimate of drug-likeness (QED) is 0.773. The van der Waals surface area contributed by atoms with Gasteiger partial charge < -0.3 is 4.52 Å². The van der Waals surface area contributed by atoms with Crippen LogP contribution in [-0.4, -0.2) is 12.7 Å². The lowest BCUT2D eigenvalue weighted by atomic mass is 10.1. The summed E-state index contributed by atoms with van der Waals surface area (Å²) in [5.41, 5.74) is 1.85. The Labute approximate surface area is 124 Å². The number of rotatable bonds is 3. The molecule has 2 unspecified atom stereocenters. The van der Waals surface area contributed by atoms with Crippen molar-refractivity contribution >= 4 is 7.82 Å². The lowest BCUT2D eigenvalue weighted by molar-refractivity contribution is 0.0610. The van der Waals surface area contributed by atoms with E-state index in [-0.39, 0.29) is 6.10 Å². The highest BCUT2D eigenvalue weighted by molar-refractivity contribution is 7.49. The Balaban J connectivity index is 1.91. The predicted octanol–water partition coefficient (Wildman–Crippen LogP) is 4.67. The van der Waals surface area contributed by atoms with Crippen LogP contribution in [0.4, 0.5) is 0 Å². The Morgan fingerprint density at radius 3 is 2.57 bits per heavy atom. The first-order chi connectivity index (χ1) is 10.2. The molecule has 2 aromatic carbocycles. The van der Waals surface area contributed by atoms with Crippen molar-refractivity contribution in [3.8, 4) is 16.9 Å². The molecule has 0 radical (unpaired) electrons. The number of benzene rings is 2. The number of phosphoric ester groups is 1.